The fourth-order valence-electron chi connectivity index (χ4n) is 3.85. The van der Waals surface area contributed by atoms with E-state index >= 15 is 0 Å². The SMILES string of the molecule is CC(=O)Oc1cc2cccc3ccc4c(S(=O)(=O)O)c(S(=O)(=O)O)c(S(=O)(=O)O)c1c4c32.Cl.Cl.Cl. The molecule has 17 heteroatoms. The molecule has 0 aliphatic rings. The monoisotopic (exact) mass is 608 g/mol. The van der Waals surface area contributed by atoms with Gasteiger partial charge in [0.15, 0.2) is 0 Å². The molecule has 4 aromatic rings. The van der Waals surface area contributed by atoms with Crippen LogP contribution in [0, 0.1) is 0 Å². The van der Waals surface area contributed by atoms with Crippen LogP contribution in [-0.2, 0) is 35.1 Å². The van der Waals surface area contributed by atoms with Gasteiger partial charge in [0.05, 0.1) is 0 Å². The molecule has 0 saturated heterocycles. The van der Waals surface area contributed by atoms with Gasteiger partial charge in [0.1, 0.15) is 20.4 Å². The van der Waals surface area contributed by atoms with Crippen LogP contribution in [0.2, 0.25) is 0 Å². The predicted molar refractivity (Wildman–Crippen MR) is 133 cm³/mol. The molecule has 3 N–H and O–H groups in total. The summed E-state index contributed by atoms with van der Waals surface area (Å²) in [6.45, 7) is 0.975. The maximum Gasteiger partial charge on any atom is 0.308 e. The van der Waals surface area contributed by atoms with E-state index in [0.717, 1.165) is 13.0 Å². The Morgan fingerprint density at radius 1 is 0.686 bits per heavy atom. The van der Waals surface area contributed by atoms with Crippen molar-refractivity contribution in [2.75, 3.05) is 0 Å². The molecule has 0 fully saturated rings. The van der Waals surface area contributed by atoms with Gasteiger partial charge >= 0.3 is 5.97 Å². The van der Waals surface area contributed by atoms with E-state index in [1.807, 2.05) is 0 Å². The zero-order valence-corrected chi connectivity index (χ0v) is 21.9. The predicted octanol–water partition coefficient (Wildman–Crippen LogP) is 3.51. The molecular weight excluding hydrogens is 595 g/mol. The van der Waals surface area contributed by atoms with Crippen LogP contribution in [0.3, 0.4) is 0 Å². The summed E-state index contributed by atoms with van der Waals surface area (Å²) in [4.78, 5) is 6.89. The minimum Gasteiger partial charge on any atom is -0.426 e. The fraction of sp³-hybridized carbons (Fsp3) is 0.0556. The number of rotatable bonds is 4. The lowest BCUT2D eigenvalue weighted by Gasteiger charge is -2.20. The number of ether oxygens (including phenoxy) is 1. The summed E-state index contributed by atoms with van der Waals surface area (Å²) < 4.78 is 108. The summed E-state index contributed by atoms with van der Waals surface area (Å²) in [7, 11) is -16.8. The van der Waals surface area contributed by atoms with Crippen LogP contribution in [-0.4, -0.2) is 44.9 Å². The number of halogens is 3. The van der Waals surface area contributed by atoms with Crippen LogP contribution in [0.5, 0.6) is 5.75 Å². The Kier molecular flexibility index (Phi) is 8.69. The van der Waals surface area contributed by atoms with Crippen LogP contribution < -0.4 is 4.74 Å². The zero-order valence-electron chi connectivity index (χ0n) is 17.0. The molecule has 0 atom stereocenters. The molecule has 0 spiro atoms. The van der Waals surface area contributed by atoms with Gasteiger partial charge < -0.3 is 4.74 Å². The molecule has 0 bridgehead atoms. The highest BCUT2D eigenvalue weighted by atomic mass is 35.5. The Hall–Kier alpha value is -2.01. The lowest BCUT2D eigenvalue weighted by Crippen LogP contribution is -2.16. The van der Waals surface area contributed by atoms with Crippen molar-refractivity contribution in [2.45, 2.75) is 21.6 Å². The van der Waals surface area contributed by atoms with Crippen molar-refractivity contribution in [1.29, 1.82) is 0 Å². The van der Waals surface area contributed by atoms with Gasteiger partial charge in [-0.1, -0.05) is 30.3 Å². The molecule has 0 amide bonds. The Labute approximate surface area is 217 Å². The summed E-state index contributed by atoms with van der Waals surface area (Å²) in [5, 5.41) is -0.352. The number of benzene rings is 4. The first-order chi connectivity index (χ1) is 14.6. The molecular formula is C18H15Cl3O11S3. The van der Waals surface area contributed by atoms with E-state index in [1.54, 1.807) is 12.1 Å². The molecule has 35 heavy (non-hydrogen) atoms. The highest BCUT2D eigenvalue weighted by molar-refractivity contribution is 7.90. The first kappa shape index (κ1) is 31.0. The number of esters is 1. The highest BCUT2D eigenvalue weighted by Crippen LogP contribution is 2.48. The van der Waals surface area contributed by atoms with Crippen molar-refractivity contribution in [1.82, 2.24) is 0 Å². The average molecular weight is 610 g/mol. The third kappa shape index (κ3) is 5.12. The van der Waals surface area contributed by atoms with Gasteiger partial charge in [0.2, 0.25) is 0 Å². The smallest absolute Gasteiger partial charge is 0.308 e. The molecule has 4 rings (SSSR count). The Bertz CT molecular complexity index is 1800. The van der Waals surface area contributed by atoms with E-state index in [2.05, 4.69) is 0 Å². The summed E-state index contributed by atoms with van der Waals surface area (Å²) in [6, 6.07) is 8.39. The molecule has 192 valence electrons. The molecule has 0 radical (unpaired) electrons. The van der Waals surface area contributed by atoms with Crippen LogP contribution in [0.25, 0.3) is 32.3 Å². The van der Waals surface area contributed by atoms with Gasteiger partial charge in [-0.05, 0) is 22.2 Å². The molecule has 11 nitrogen and oxygen atoms in total. The minimum atomic E-state index is -5.68. The first-order valence-corrected chi connectivity index (χ1v) is 12.8. The van der Waals surface area contributed by atoms with Crippen molar-refractivity contribution in [3.63, 3.8) is 0 Å². The van der Waals surface area contributed by atoms with E-state index in [4.69, 9.17) is 4.74 Å². The largest absolute Gasteiger partial charge is 0.426 e. The fourth-order valence-corrected chi connectivity index (χ4v) is 7.44. The quantitative estimate of drug-likeness (QED) is 0.133. The second-order valence-electron chi connectivity index (χ2n) is 6.82. The Morgan fingerprint density at radius 3 is 1.69 bits per heavy atom. The maximum atomic E-state index is 12.3. The number of hydrogen-bond donors (Lipinski definition) is 3. The molecule has 0 aliphatic heterocycles. The van der Waals surface area contributed by atoms with Crippen molar-refractivity contribution in [2.24, 2.45) is 0 Å². The number of hydrogen-bond acceptors (Lipinski definition) is 8. The van der Waals surface area contributed by atoms with Gasteiger partial charge in [-0.25, -0.2) is 0 Å². The lowest BCUT2D eigenvalue weighted by atomic mass is 9.93. The maximum absolute atomic E-state index is 12.3. The Balaban J connectivity index is 0.00000204. The third-order valence-corrected chi connectivity index (χ3v) is 7.82. The molecule has 0 heterocycles. The zero-order chi connectivity index (χ0) is 23.8. The number of carbonyl (C=O) groups excluding carboxylic acids is 1. The second kappa shape index (κ2) is 9.80. The van der Waals surface area contributed by atoms with E-state index < -0.39 is 67.5 Å². The normalized spacial score (nSPS) is 12.1. The van der Waals surface area contributed by atoms with Crippen molar-refractivity contribution >= 4 is 106 Å². The molecule has 0 aliphatic carbocycles. The highest BCUT2D eigenvalue weighted by Gasteiger charge is 2.38. The summed E-state index contributed by atoms with van der Waals surface area (Å²) >= 11 is 0. The van der Waals surface area contributed by atoms with Crippen LogP contribution in [0.1, 0.15) is 6.92 Å². The van der Waals surface area contributed by atoms with Gasteiger partial charge in [-0.15, -0.1) is 37.2 Å². The van der Waals surface area contributed by atoms with E-state index in [1.165, 1.54) is 18.2 Å². The first-order valence-electron chi connectivity index (χ1n) is 8.50. The summed E-state index contributed by atoms with van der Waals surface area (Å²) in [6.07, 6.45) is 0. The van der Waals surface area contributed by atoms with E-state index in [0.29, 0.717) is 10.8 Å². The molecule has 0 aromatic heterocycles. The van der Waals surface area contributed by atoms with Gasteiger partial charge in [0, 0.05) is 23.1 Å². The molecule has 0 unspecified atom stereocenters. The van der Waals surface area contributed by atoms with Crippen LogP contribution in [0.4, 0.5) is 0 Å². The van der Waals surface area contributed by atoms with Crippen LogP contribution in [0.15, 0.2) is 51.1 Å². The van der Waals surface area contributed by atoms with Gasteiger partial charge in [0.25, 0.3) is 30.4 Å². The molecule has 0 saturated carbocycles. The van der Waals surface area contributed by atoms with E-state index in [9.17, 15) is 43.7 Å². The lowest BCUT2D eigenvalue weighted by molar-refractivity contribution is -0.131. The van der Waals surface area contributed by atoms with Gasteiger partial charge in [-0.2, -0.15) is 25.3 Å². The number of carbonyl (C=O) groups is 1. The van der Waals surface area contributed by atoms with Gasteiger partial charge in [-0.3, -0.25) is 18.5 Å². The topological polar surface area (TPSA) is 189 Å². The summed E-state index contributed by atoms with van der Waals surface area (Å²) in [5.74, 6) is -1.46. The minimum absolute atomic E-state index is 0. The van der Waals surface area contributed by atoms with E-state index in [-0.39, 0.29) is 48.0 Å². The Morgan fingerprint density at radius 2 is 1.20 bits per heavy atom. The van der Waals surface area contributed by atoms with Crippen molar-refractivity contribution < 1.29 is 48.4 Å². The van der Waals surface area contributed by atoms with Crippen molar-refractivity contribution in [3.8, 4) is 5.75 Å². The average Bonchev–Trinajstić information content (AvgIpc) is 2.62. The molecule has 4 aromatic carbocycles. The third-order valence-electron chi connectivity index (χ3n) is 4.77. The standard InChI is InChI=1S/C18H12O11S3.3ClH/c1-8(19)29-12-7-10-4-2-3-9-5-6-11-14(13(9)10)15(12)17(31(23,24)25)18(32(26,27)28)16(11)30(20,21)22;;;/h2-7H,1H3,(H,20,21,22)(H,23,24,25)(H,26,27,28);3*1H. The summed E-state index contributed by atoms with van der Waals surface area (Å²) in [5.41, 5.74) is 0. The second-order valence-corrected chi connectivity index (χ2v) is 10.9. The van der Waals surface area contributed by atoms with Crippen molar-refractivity contribution in [3.05, 3.63) is 36.4 Å². The van der Waals surface area contributed by atoms with Crippen LogP contribution >= 0.6 is 37.2 Å².